The van der Waals surface area contributed by atoms with Crippen molar-refractivity contribution in [1.29, 1.82) is 0 Å². The number of benzene rings is 2. The topological polar surface area (TPSA) is 61.2 Å². The number of methoxy groups -OCH3 is 1. The zero-order valence-electron chi connectivity index (χ0n) is 16.1. The van der Waals surface area contributed by atoms with Crippen LogP contribution in [0.3, 0.4) is 0 Å². The second kappa shape index (κ2) is 8.89. The fourth-order valence-electron chi connectivity index (χ4n) is 2.92. The van der Waals surface area contributed by atoms with Gasteiger partial charge in [-0.3, -0.25) is 9.36 Å². The van der Waals surface area contributed by atoms with Crippen LogP contribution in [0.1, 0.15) is 32.7 Å². The molecule has 144 valence electrons. The lowest BCUT2D eigenvalue weighted by Gasteiger charge is -2.12. The molecular formula is C22H22N2O3S. The van der Waals surface area contributed by atoms with E-state index in [1.54, 1.807) is 23.7 Å². The molecule has 0 saturated carbocycles. The van der Waals surface area contributed by atoms with Gasteiger partial charge in [0.15, 0.2) is 5.16 Å². The molecule has 0 radical (unpaired) electrons. The van der Waals surface area contributed by atoms with Gasteiger partial charge in [-0.25, -0.2) is 9.78 Å². The summed E-state index contributed by atoms with van der Waals surface area (Å²) in [5.74, 6) is 0.237. The lowest BCUT2D eigenvalue weighted by molar-refractivity contribution is 0.0600. The number of hydrogen-bond acceptors (Lipinski definition) is 5. The number of carbonyl (C=O) groups excluding carboxylic acids is 1. The highest BCUT2D eigenvalue weighted by atomic mass is 32.2. The molecule has 0 spiro atoms. The van der Waals surface area contributed by atoms with E-state index in [1.165, 1.54) is 18.9 Å². The summed E-state index contributed by atoms with van der Waals surface area (Å²) < 4.78 is 6.36. The molecule has 0 bridgehead atoms. The lowest BCUT2D eigenvalue weighted by Crippen LogP contribution is -2.25. The molecule has 0 saturated heterocycles. The summed E-state index contributed by atoms with van der Waals surface area (Å²) in [4.78, 5) is 29.2. The van der Waals surface area contributed by atoms with E-state index in [0.717, 1.165) is 16.8 Å². The minimum absolute atomic E-state index is 0.0258. The van der Waals surface area contributed by atoms with Gasteiger partial charge in [-0.05, 0) is 30.2 Å². The smallest absolute Gasteiger partial charge is 0.337 e. The van der Waals surface area contributed by atoms with Crippen molar-refractivity contribution in [2.24, 2.45) is 7.05 Å². The number of hydrogen-bond donors (Lipinski definition) is 0. The first-order valence-corrected chi connectivity index (χ1v) is 9.88. The lowest BCUT2D eigenvalue weighted by atomic mass is 10.1. The van der Waals surface area contributed by atoms with Gasteiger partial charge in [0.1, 0.15) is 0 Å². The van der Waals surface area contributed by atoms with Crippen molar-refractivity contribution < 1.29 is 9.53 Å². The van der Waals surface area contributed by atoms with Crippen LogP contribution in [-0.2, 0) is 24.0 Å². The van der Waals surface area contributed by atoms with Gasteiger partial charge in [-0.2, -0.15) is 0 Å². The van der Waals surface area contributed by atoms with Gasteiger partial charge in [-0.1, -0.05) is 54.2 Å². The molecule has 0 amide bonds. The summed E-state index contributed by atoms with van der Waals surface area (Å²) in [5, 5.41) is 0.655. The van der Waals surface area contributed by atoms with Crippen LogP contribution in [0.15, 0.2) is 64.5 Å². The molecule has 3 rings (SSSR count). The predicted molar refractivity (Wildman–Crippen MR) is 111 cm³/mol. The van der Waals surface area contributed by atoms with E-state index in [0.29, 0.717) is 28.5 Å². The van der Waals surface area contributed by atoms with Gasteiger partial charge >= 0.3 is 5.97 Å². The highest BCUT2D eigenvalue weighted by Gasteiger charge is 2.13. The zero-order chi connectivity index (χ0) is 20.1. The quantitative estimate of drug-likeness (QED) is 0.362. The van der Waals surface area contributed by atoms with Crippen LogP contribution in [-0.4, -0.2) is 22.6 Å². The van der Waals surface area contributed by atoms with Crippen LogP contribution in [0.4, 0.5) is 0 Å². The van der Waals surface area contributed by atoms with Crippen LogP contribution < -0.4 is 5.56 Å². The Morgan fingerprint density at radius 1 is 1.11 bits per heavy atom. The molecule has 3 aromatic rings. The zero-order valence-corrected chi connectivity index (χ0v) is 17.0. The van der Waals surface area contributed by atoms with Gasteiger partial charge in [-0.15, -0.1) is 0 Å². The summed E-state index contributed by atoms with van der Waals surface area (Å²) in [6.07, 6.45) is 0.568. The fraction of sp³-hybridized carbons (Fsp3) is 0.227. The molecule has 1 aromatic heterocycles. The van der Waals surface area contributed by atoms with E-state index in [4.69, 9.17) is 4.74 Å². The Kier molecular flexibility index (Phi) is 6.31. The SMILES string of the molecule is COC(=O)c1cccc(CSc2nc(C)c(Cc3ccccc3)c(=O)n2C)c1. The predicted octanol–water partition coefficient (Wildman–Crippen LogP) is 3.76. The highest BCUT2D eigenvalue weighted by Crippen LogP contribution is 2.22. The summed E-state index contributed by atoms with van der Waals surface area (Å²) in [6.45, 7) is 1.88. The van der Waals surface area contributed by atoms with Crippen LogP contribution in [0.25, 0.3) is 0 Å². The third kappa shape index (κ3) is 4.51. The van der Waals surface area contributed by atoms with Crippen LogP contribution >= 0.6 is 11.8 Å². The minimum atomic E-state index is -0.363. The number of esters is 1. The second-order valence-corrected chi connectivity index (χ2v) is 7.41. The summed E-state index contributed by atoms with van der Waals surface area (Å²) >= 11 is 1.47. The van der Waals surface area contributed by atoms with E-state index in [2.05, 4.69) is 4.98 Å². The van der Waals surface area contributed by atoms with Crippen molar-refractivity contribution in [3.05, 3.63) is 92.9 Å². The van der Waals surface area contributed by atoms with Crippen molar-refractivity contribution in [2.45, 2.75) is 24.3 Å². The molecule has 0 aliphatic heterocycles. The Morgan fingerprint density at radius 2 is 1.82 bits per heavy atom. The van der Waals surface area contributed by atoms with E-state index in [-0.39, 0.29) is 11.5 Å². The number of aromatic nitrogens is 2. The number of ether oxygens (including phenoxy) is 1. The highest BCUT2D eigenvalue weighted by molar-refractivity contribution is 7.98. The first-order chi connectivity index (χ1) is 13.5. The number of rotatable bonds is 6. The molecule has 28 heavy (non-hydrogen) atoms. The Hall–Kier alpha value is -2.86. The van der Waals surface area contributed by atoms with Crippen molar-refractivity contribution in [2.75, 3.05) is 7.11 Å². The largest absolute Gasteiger partial charge is 0.465 e. The van der Waals surface area contributed by atoms with Crippen LogP contribution in [0.2, 0.25) is 0 Å². The molecule has 0 fully saturated rings. The van der Waals surface area contributed by atoms with Gasteiger partial charge < -0.3 is 4.74 Å². The van der Waals surface area contributed by atoms with Gasteiger partial charge in [0.25, 0.3) is 5.56 Å². The molecule has 5 nitrogen and oxygen atoms in total. The summed E-state index contributed by atoms with van der Waals surface area (Å²) in [7, 11) is 3.11. The Balaban J connectivity index is 1.80. The molecule has 2 aromatic carbocycles. The number of thioether (sulfide) groups is 1. The van der Waals surface area contributed by atoms with E-state index >= 15 is 0 Å². The average Bonchev–Trinajstić information content (AvgIpc) is 2.73. The molecule has 0 aliphatic rings. The third-order valence-corrected chi connectivity index (χ3v) is 5.59. The summed E-state index contributed by atoms with van der Waals surface area (Å²) in [5.41, 5.74) is 4.00. The average molecular weight is 394 g/mol. The van der Waals surface area contributed by atoms with Crippen LogP contribution in [0, 0.1) is 6.92 Å². The van der Waals surface area contributed by atoms with Gasteiger partial charge in [0, 0.05) is 30.5 Å². The Labute approximate surface area is 168 Å². The van der Waals surface area contributed by atoms with Crippen molar-refractivity contribution in [3.63, 3.8) is 0 Å². The normalized spacial score (nSPS) is 10.7. The standard InChI is InChI=1S/C22H22N2O3S/c1-15-19(13-16-8-5-4-6-9-16)20(25)24(2)22(23-15)28-14-17-10-7-11-18(12-17)21(26)27-3/h4-12H,13-14H2,1-3H3. The monoisotopic (exact) mass is 394 g/mol. The molecule has 6 heteroatoms. The van der Waals surface area contributed by atoms with E-state index in [1.807, 2.05) is 49.4 Å². The number of carbonyl (C=O) groups is 1. The molecule has 1 heterocycles. The first kappa shape index (κ1) is 19.9. The second-order valence-electron chi connectivity index (χ2n) is 6.47. The fourth-order valence-corrected chi connectivity index (χ4v) is 3.87. The maximum atomic E-state index is 12.9. The third-order valence-electron chi connectivity index (χ3n) is 4.49. The van der Waals surface area contributed by atoms with Crippen molar-refractivity contribution in [1.82, 2.24) is 9.55 Å². The summed E-state index contributed by atoms with van der Waals surface area (Å²) in [6, 6.07) is 17.2. The minimum Gasteiger partial charge on any atom is -0.465 e. The van der Waals surface area contributed by atoms with Gasteiger partial charge in [0.05, 0.1) is 12.7 Å². The molecule has 0 unspecified atom stereocenters. The maximum absolute atomic E-state index is 12.9. The number of aryl methyl sites for hydroxylation is 1. The van der Waals surface area contributed by atoms with Crippen molar-refractivity contribution >= 4 is 17.7 Å². The van der Waals surface area contributed by atoms with Crippen LogP contribution in [0.5, 0.6) is 0 Å². The molecule has 0 atom stereocenters. The molecular weight excluding hydrogens is 372 g/mol. The molecule has 0 aliphatic carbocycles. The molecule has 0 N–H and O–H groups in total. The Morgan fingerprint density at radius 3 is 2.54 bits per heavy atom. The van der Waals surface area contributed by atoms with E-state index in [9.17, 15) is 9.59 Å². The van der Waals surface area contributed by atoms with Gasteiger partial charge in [0.2, 0.25) is 0 Å². The van der Waals surface area contributed by atoms with E-state index < -0.39 is 0 Å². The Bertz CT molecular complexity index is 1050. The number of nitrogens with zero attached hydrogens (tertiary/aromatic N) is 2. The van der Waals surface area contributed by atoms with Crippen molar-refractivity contribution in [3.8, 4) is 0 Å². The first-order valence-electron chi connectivity index (χ1n) is 8.90. The maximum Gasteiger partial charge on any atom is 0.337 e.